The van der Waals surface area contributed by atoms with Gasteiger partial charge in [-0.1, -0.05) is 43.7 Å². The molecular formula is C13H16N2S. The molecule has 1 aromatic heterocycles. The van der Waals surface area contributed by atoms with Crippen LogP contribution in [0.4, 0.5) is 0 Å². The Balaban J connectivity index is 2.24. The van der Waals surface area contributed by atoms with Crippen LogP contribution in [0.5, 0.6) is 0 Å². The lowest BCUT2D eigenvalue weighted by molar-refractivity contribution is 0.872. The van der Waals surface area contributed by atoms with Gasteiger partial charge in [0.15, 0.2) is 4.77 Å². The van der Waals surface area contributed by atoms with Gasteiger partial charge in [-0.15, -0.1) is 0 Å². The summed E-state index contributed by atoms with van der Waals surface area (Å²) in [5.41, 5.74) is 3.78. The molecule has 0 amide bonds. The average Bonchev–Trinajstić information content (AvgIpc) is 2.61. The Morgan fingerprint density at radius 2 is 1.75 bits per heavy atom. The first-order valence-corrected chi connectivity index (χ1v) is 6.04. The minimum Gasteiger partial charge on any atom is -0.334 e. The summed E-state index contributed by atoms with van der Waals surface area (Å²) < 4.78 is 0.731. The molecule has 0 aliphatic carbocycles. The van der Waals surface area contributed by atoms with E-state index in [2.05, 4.69) is 41.2 Å². The molecule has 2 rings (SSSR count). The van der Waals surface area contributed by atoms with Crippen LogP contribution >= 0.6 is 12.2 Å². The molecule has 0 radical (unpaired) electrons. The first-order chi connectivity index (χ1) is 7.79. The third kappa shape index (κ3) is 2.61. The van der Waals surface area contributed by atoms with E-state index in [9.17, 15) is 0 Å². The van der Waals surface area contributed by atoms with Crippen molar-refractivity contribution in [3.8, 4) is 0 Å². The van der Waals surface area contributed by atoms with E-state index >= 15 is 0 Å². The summed E-state index contributed by atoms with van der Waals surface area (Å²) in [5.74, 6) is 0. The molecule has 1 heterocycles. The lowest BCUT2D eigenvalue weighted by Gasteiger charge is -2.02. The number of H-pyrrole nitrogens is 2. The van der Waals surface area contributed by atoms with E-state index in [1.165, 1.54) is 17.0 Å². The molecule has 84 valence electrons. The lowest BCUT2D eigenvalue weighted by atomic mass is 10.1. The summed E-state index contributed by atoms with van der Waals surface area (Å²) in [7, 11) is 0. The second kappa shape index (κ2) is 5.12. The Bertz CT molecular complexity index is 496. The van der Waals surface area contributed by atoms with Gasteiger partial charge in [-0.3, -0.25) is 0 Å². The molecule has 2 nitrogen and oxygen atoms in total. The van der Waals surface area contributed by atoms with E-state index in [0.29, 0.717) is 0 Å². The first kappa shape index (κ1) is 11.1. The SMILES string of the molecule is CCCc1[nH]c(=S)[nH]c1Cc1ccccc1. The van der Waals surface area contributed by atoms with Crippen LogP contribution in [0.3, 0.4) is 0 Å². The van der Waals surface area contributed by atoms with Gasteiger partial charge in [0.2, 0.25) is 0 Å². The zero-order valence-corrected chi connectivity index (χ0v) is 10.2. The summed E-state index contributed by atoms with van der Waals surface area (Å²) in [6.07, 6.45) is 3.10. The van der Waals surface area contributed by atoms with Crippen LogP contribution in [-0.2, 0) is 12.8 Å². The van der Waals surface area contributed by atoms with Crippen molar-refractivity contribution in [2.24, 2.45) is 0 Å². The third-order valence-electron chi connectivity index (χ3n) is 2.62. The fourth-order valence-electron chi connectivity index (χ4n) is 1.87. The van der Waals surface area contributed by atoms with Crippen molar-refractivity contribution in [2.75, 3.05) is 0 Å². The molecule has 0 aliphatic rings. The van der Waals surface area contributed by atoms with Crippen molar-refractivity contribution in [2.45, 2.75) is 26.2 Å². The third-order valence-corrected chi connectivity index (χ3v) is 2.82. The first-order valence-electron chi connectivity index (χ1n) is 5.63. The molecule has 0 unspecified atom stereocenters. The normalized spacial score (nSPS) is 10.6. The fourth-order valence-corrected chi connectivity index (χ4v) is 2.12. The van der Waals surface area contributed by atoms with E-state index in [-0.39, 0.29) is 0 Å². The number of aromatic nitrogens is 2. The van der Waals surface area contributed by atoms with Gasteiger partial charge in [0.25, 0.3) is 0 Å². The Labute approximate surface area is 101 Å². The van der Waals surface area contributed by atoms with Crippen LogP contribution in [0.15, 0.2) is 30.3 Å². The van der Waals surface area contributed by atoms with Gasteiger partial charge >= 0.3 is 0 Å². The standard InChI is InChI=1S/C13H16N2S/c1-2-6-11-12(15-13(16)14-11)9-10-7-4-3-5-8-10/h3-5,7-8H,2,6,9H2,1H3,(H2,14,15,16). The largest absolute Gasteiger partial charge is 0.334 e. The van der Waals surface area contributed by atoms with Gasteiger partial charge in [-0.25, -0.2) is 0 Å². The number of imidazole rings is 1. The zero-order chi connectivity index (χ0) is 11.4. The maximum absolute atomic E-state index is 5.14. The van der Waals surface area contributed by atoms with Crippen LogP contribution in [0.25, 0.3) is 0 Å². The molecule has 0 saturated heterocycles. The Morgan fingerprint density at radius 3 is 2.44 bits per heavy atom. The number of aromatic amines is 2. The number of rotatable bonds is 4. The van der Waals surface area contributed by atoms with Crippen molar-refractivity contribution < 1.29 is 0 Å². The molecule has 0 atom stereocenters. The molecule has 16 heavy (non-hydrogen) atoms. The summed E-state index contributed by atoms with van der Waals surface area (Å²) >= 11 is 5.14. The van der Waals surface area contributed by atoms with Crippen molar-refractivity contribution in [3.05, 3.63) is 52.1 Å². The predicted molar refractivity (Wildman–Crippen MR) is 69.2 cm³/mol. The number of hydrogen-bond acceptors (Lipinski definition) is 1. The van der Waals surface area contributed by atoms with Crippen molar-refractivity contribution in [1.82, 2.24) is 9.97 Å². The van der Waals surface area contributed by atoms with Crippen molar-refractivity contribution >= 4 is 12.2 Å². The molecule has 2 N–H and O–H groups in total. The van der Waals surface area contributed by atoms with Gasteiger partial charge < -0.3 is 9.97 Å². The Hall–Kier alpha value is -1.35. The van der Waals surface area contributed by atoms with Crippen LogP contribution in [0, 0.1) is 4.77 Å². The minimum atomic E-state index is 0.731. The minimum absolute atomic E-state index is 0.731. The van der Waals surface area contributed by atoms with Crippen molar-refractivity contribution in [1.29, 1.82) is 0 Å². The molecule has 0 fully saturated rings. The van der Waals surface area contributed by atoms with Crippen molar-refractivity contribution in [3.63, 3.8) is 0 Å². The highest BCUT2D eigenvalue weighted by Gasteiger charge is 2.05. The molecule has 3 heteroatoms. The van der Waals surface area contributed by atoms with Gasteiger partial charge in [-0.2, -0.15) is 0 Å². The van der Waals surface area contributed by atoms with E-state index in [1.807, 2.05) is 6.07 Å². The average molecular weight is 232 g/mol. The summed E-state index contributed by atoms with van der Waals surface area (Å²) in [5, 5.41) is 0. The molecular weight excluding hydrogens is 216 g/mol. The number of hydrogen-bond donors (Lipinski definition) is 2. The van der Waals surface area contributed by atoms with Crippen LogP contribution in [-0.4, -0.2) is 9.97 Å². The second-order valence-electron chi connectivity index (χ2n) is 3.95. The number of benzene rings is 1. The Kier molecular flexibility index (Phi) is 3.57. The van der Waals surface area contributed by atoms with Crippen LogP contribution < -0.4 is 0 Å². The predicted octanol–water partition coefficient (Wildman–Crippen LogP) is 3.62. The molecule has 1 aromatic carbocycles. The molecule has 0 aliphatic heterocycles. The highest BCUT2D eigenvalue weighted by molar-refractivity contribution is 7.71. The lowest BCUT2D eigenvalue weighted by Crippen LogP contribution is -1.94. The van der Waals surface area contributed by atoms with Gasteiger partial charge in [0, 0.05) is 17.8 Å². The maximum Gasteiger partial charge on any atom is 0.174 e. The molecule has 0 saturated carbocycles. The van der Waals surface area contributed by atoms with Gasteiger partial charge in [0.05, 0.1) is 0 Å². The zero-order valence-electron chi connectivity index (χ0n) is 9.42. The van der Waals surface area contributed by atoms with Crippen LogP contribution in [0.2, 0.25) is 0 Å². The molecule has 0 spiro atoms. The molecule has 2 aromatic rings. The highest BCUT2D eigenvalue weighted by atomic mass is 32.1. The fraction of sp³-hybridized carbons (Fsp3) is 0.308. The van der Waals surface area contributed by atoms with E-state index in [4.69, 9.17) is 12.2 Å². The van der Waals surface area contributed by atoms with Gasteiger partial charge in [-0.05, 0) is 24.2 Å². The van der Waals surface area contributed by atoms with Gasteiger partial charge in [0.1, 0.15) is 0 Å². The summed E-state index contributed by atoms with van der Waals surface area (Å²) in [6.45, 7) is 2.18. The maximum atomic E-state index is 5.14. The Morgan fingerprint density at radius 1 is 1.06 bits per heavy atom. The molecule has 0 bridgehead atoms. The highest BCUT2D eigenvalue weighted by Crippen LogP contribution is 2.12. The second-order valence-corrected chi connectivity index (χ2v) is 4.36. The van der Waals surface area contributed by atoms with E-state index < -0.39 is 0 Å². The quantitative estimate of drug-likeness (QED) is 0.775. The number of aryl methyl sites for hydroxylation is 1. The summed E-state index contributed by atoms with van der Waals surface area (Å²) in [4.78, 5) is 6.46. The van der Waals surface area contributed by atoms with Crippen LogP contribution in [0.1, 0.15) is 30.3 Å². The topological polar surface area (TPSA) is 31.6 Å². The van der Waals surface area contributed by atoms with E-state index in [0.717, 1.165) is 24.0 Å². The smallest absolute Gasteiger partial charge is 0.174 e. The number of nitrogens with one attached hydrogen (secondary N) is 2. The monoisotopic (exact) mass is 232 g/mol. The summed E-state index contributed by atoms with van der Waals surface area (Å²) in [6, 6.07) is 10.4. The van der Waals surface area contributed by atoms with E-state index in [1.54, 1.807) is 0 Å².